The summed E-state index contributed by atoms with van der Waals surface area (Å²) in [6, 6.07) is 5.75. The van der Waals surface area contributed by atoms with Crippen molar-refractivity contribution in [2.45, 2.75) is 32.8 Å². The van der Waals surface area contributed by atoms with Crippen molar-refractivity contribution in [1.82, 2.24) is 0 Å². The van der Waals surface area contributed by atoms with E-state index in [4.69, 9.17) is 9.47 Å². The number of halogens is 1. The fourth-order valence-corrected chi connectivity index (χ4v) is 4.22. The van der Waals surface area contributed by atoms with Crippen molar-refractivity contribution in [2.24, 2.45) is 11.8 Å². The van der Waals surface area contributed by atoms with Gasteiger partial charge >= 0.3 is 5.97 Å². The number of hydrogen-bond donors (Lipinski definition) is 0. The van der Waals surface area contributed by atoms with Gasteiger partial charge in [-0.2, -0.15) is 0 Å². The number of esters is 1. The monoisotopic (exact) mass is 410 g/mol. The maximum Gasteiger partial charge on any atom is 0.310 e. The van der Waals surface area contributed by atoms with Crippen molar-refractivity contribution in [2.75, 3.05) is 7.11 Å². The van der Waals surface area contributed by atoms with E-state index in [1.54, 1.807) is 7.11 Å². The zero-order chi connectivity index (χ0) is 17.6. The minimum absolute atomic E-state index is 0.0298. The number of benzene rings is 1. The molecule has 2 aromatic rings. The van der Waals surface area contributed by atoms with Gasteiger partial charge in [0.25, 0.3) is 0 Å². The molecule has 1 aromatic heterocycles. The summed E-state index contributed by atoms with van der Waals surface area (Å²) < 4.78 is 12.5. The normalized spacial score (nSPS) is 20.0. The Morgan fingerprint density at radius 2 is 1.92 bits per heavy atom. The number of methoxy groups -OCH3 is 1. The molecule has 3 rings (SSSR count). The molecule has 0 amide bonds. The molecular weight excluding hydrogens is 392 g/mol. The van der Waals surface area contributed by atoms with Crippen LogP contribution in [0.3, 0.4) is 0 Å². The van der Waals surface area contributed by atoms with Crippen LogP contribution >= 0.6 is 27.3 Å². The molecule has 0 saturated heterocycles. The van der Waals surface area contributed by atoms with Crippen LogP contribution < -0.4 is 4.74 Å². The highest BCUT2D eigenvalue weighted by molar-refractivity contribution is 9.10. The van der Waals surface area contributed by atoms with Gasteiger partial charge in [0.2, 0.25) is 0 Å². The Morgan fingerprint density at radius 3 is 2.54 bits per heavy atom. The molecule has 6 heteroatoms. The lowest BCUT2D eigenvalue weighted by molar-refractivity contribution is -0.156. The quantitative estimate of drug-likeness (QED) is 0.534. The largest absolute Gasteiger partial charge is 0.496 e. The van der Waals surface area contributed by atoms with Gasteiger partial charge in [0.05, 0.1) is 22.4 Å². The molecule has 1 heterocycles. The van der Waals surface area contributed by atoms with Crippen molar-refractivity contribution >= 4 is 49.1 Å². The third-order valence-corrected chi connectivity index (χ3v) is 5.60. The van der Waals surface area contributed by atoms with Gasteiger partial charge in [-0.3, -0.25) is 9.59 Å². The molecule has 128 valence electrons. The van der Waals surface area contributed by atoms with E-state index in [0.717, 1.165) is 20.3 Å². The van der Waals surface area contributed by atoms with Crippen LogP contribution in [0.15, 0.2) is 22.7 Å². The number of carbonyl (C=O) groups is 2. The van der Waals surface area contributed by atoms with Crippen LogP contribution in [0, 0.1) is 11.8 Å². The number of thiophene rings is 1. The predicted octanol–water partition coefficient (Wildman–Crippen LogP) is 4.83. The zero-order valence-corrected chi connectivity index (χ0v) is 16.4. The maximum atomic E-state index is 12.7. The molecule has 1 aliphatic carbocycles. The SMILES string of the molecule is COc1cc2sc(C(=O)[C@@H]3C[C@@H]3C(=O)OC(C)(C)C)cc2cc1Br. The van der Waals surface area contributed by atoms with Gasteiger partial charge in [-0.05, 0) is 66.7 Å². The molecule has 2 atom stereocenters. The van der Waals surface area contributed by atoms with Gasteiger partial charge in [-0.25, -0.2) is 0 Å². The minimum atomic E-state index is -0.520. The highest BCUT2D eigenvalue weighted by atomic mass is 79.9. The van der Waals surface area contributed by atoms with E-state index < -0.39 is 5.60 Å². The fraction of sp³-hybridized carbons (Fsp3) is 0.444. The molecule has 24 heavy (non-hydrogen) atoms. The van der Waals surface area contributed by atoms with E-state index in [1.165, 1.54) is 11.3 Å². The molecule has 1 aromatic carbocycles. The number of Topliss-reactive ketones (excluding diaryl/α,β-unsaturated/α-hetero) is 1. The lowest BCUT2D eigenvalue weighted by atomic mass is 10.1. The van der Waals surface area contributed by atoms with Crippen LogP contribution in [0.5, 0.6) is 5.75 Å². The first kappa shape index (κ1) is 17.4. The van der Waals surface area contributed by atoms with E-state index in [1.807, 2.05) is 39.0 Å². The minimum Gasteiger partial charge on any atom is -0.496 e. The molecule has 0 aliphatic heterocycles. The van der Waals surface area contributed by atoms with Crippen molar-refractivity contribution in [3.63, 3.8) is 0 Å². The van der Waals surface area contributed by atoms with Crippen LogP contribution in [-0.2, 0) is 9.53 Å². The van der Waals surface area contributed by atoms with Gasteiger partial charge in [-0.1, -0.05) is 0 Å². The van der Waals surface area contributed by atoms with Crippen molar-refractivity contribution in [3.05, 3.63) is 27.5 Å². The first-order chi connectivity index (χ1) is 11.2. The lowest BCUT2D eigenvalue weighted by Gasteiger charge is -2.19. The van der Waals surface area contributed by atoms with Crippen LogP contribution in [-0.4, -0.2) is 24.5 Å². The van der Waals surface area contributed by atoms with E-state index in [9.17, 15) is 9.59 Å². The average molecular weight is 411 g/mol. The Kier molecular flexibility index (Phi) is 4.47. The second kappa shape index (κ2) is 6.15. The third kappa shape index (κ3) is 3.49. The summed E-state index contributed by atoms with van der Waals surface area (Å²) in [5, 5.41) is 0.991. The Morgan fingerprint density at radius 1 is 1.21 bits per heavy atom. The molecular formula is C18H19BrO4S. The molecule has 1 aliphatic rings. The molecule has 0 N–H and O–H groups in total. The average Bonchev–Trinajstić information content (AvgIpc) is 3.18. The Hall–Kier alpha value is -1.40. The van der Waals surface area contributed by atoms with Gasteiger partial charge in [0, 0.05) is 10.6 Å². The first-order valence-corrected chi connectivity index (χ1v) is 9.34. The number of ether oxygens (including phenoxy) is 2. The second-order valence-electron chi connectivity index (χ2n) is 6.98. The molecule has 4 nitrogen and oxygen atoms in total. The molecule has 0 spiro atoms. The Bertz CT molecular complexity index is 818. The predicted molar refractivity (Wildman–Crippen MR) is 97.8 cm³/mol. The van der Waals surface area contributed by atoms with Crippen LogP contribution in [0.4, 0.5) is 0 Å². The molecule has 0 bridgehead atoms. The van der Waals surface area contributed by atoms with Gasteiger partial charge in [0.15, 0.2) is 5.78 Å². The van der Waals surface area contributed by atoms with Crippen LogP contribution in [0.2, 0.25) is 0 Å². The highest BCUT2D eigenvalue weighted by Gasteiger charge is 2.50. The summed E-state index contributed by atoms with van der Waals surface area (Å²) in [6.07, 6.45) is 0.578. The topological polar surface area (TPSA) is 52.6 Å². The molecule has 0 radical (unpaired) electrons. The highest BCUT2D eigenvalue weighted by Crippen LogP contribution is 2.44. The third-order valence-electron chi connectivity index (χ3n) is 3.87. The van der Waals surface area contributed by atoms with E-state index in [2.05, 4.69) is 15.9 Å². The number of ketones is 1. The lowest BCUT2D eigenvalue weighted by Crippen LogP contribution is -2.25. The molecule has 1 saturated carbocycles. The number of fused-ring (bicyclic) bond motifs is 1. The van der Waals surface area contributed by atoms with Crippen molar-refractivity contribution in [1.29, 1.82) is 0 Å². The summed E-state index contributed by atoms with van der Waals surface area (Å²) >= 11 is 4.89. The molecule has 0 unspecified atom stereocenters. The summed E-state index contributed by atoms with van der Waals surface area (Å²) in [6.45, 7) is 5.50. The summed E-state index contributed by atoms with van der Waals surface area (Å²) in [5.41, 5.74) is -0.520. The van der Waals surface area contributed by atoms with Gasteiger partial charge in [0.1, 0.15) is 11.4 Å². The number of hydrogen-bond acceptors (Lipinski definition) is 5. The summed E-state index contributed by atoms with van der Waals surface area (Å²) in [7, 11) is 1.61. The van der Waals surface area contributed by atoms with Crippen LogP contribution in [0.1, 0.15) is 36.9 Å². The van der Waals surface area contributed by atoms with Crippen LogP contribution in [0.25, 0.3) is 10.1 Å². The maximum absolute atomic E-state index is 12.7. The zero-order valence-electron chi connectivity index (χ0n) is 14.0. The number of carbonyl (C=O) groups excluding carboxylic acids is 2. The smallest absolute Gasteiger partial charge is 0.310 e. The van der Waals surface area contributed by atoms with E-state index >= 15 is 0 Å². The van der Waals surface area contributed by atoms with Gasteiger partial charge < -0.3 is 9.47 Å². The fourth-order valence-electron chi connectivity index (χ4n) is 2.62. The van der Waals surface area contributed by atoms with Crippen molar-refractivity contribution < 1.29 is 19.1 Å². The van der Waals surface area contributed by atoms with E-state index in [-0.39, 0.29) is 23.6 Å². The van der Waals surface area contributed by atoms with E-state index in [0.29, 0.717) is 11.3 Å². The number of rotatable bonds is 4. The van der Waals surface area contributed by atoms with Gasteiger partial charge in [-0.15, -0.1) is 11.3 Å². The Labute approximate surface area is 153 Å². The summed E-state index contributed by atoms with van der Waals surface area (Å²) in [5.74, 6) is -0.0589. The Balaban J connectivity index is 1.77. The summed E-state index contributed by atoms with van der Waals surface area (Å²) in [4.78, 5) is 25.4. The second-order valence-corrected chi connectivity index (χ2v) is 8.92. The molecule has 1 fully saturated rings. The first-order valence-electron chi connectivity index (χ1n) is 7.74. The standard InChI is InChI=1S/C18H19BrO4S/c1-18(2,3)23-17(21)11-7-10(11)16(20)15-6-9-5-12(19)13(22-4)8-14(9)24-15/h5-6,8,10-11H,7H2,1-4H3/t10-,11+/m1/s1. The van der Waals surface area contributed by atoms with Crippen molar-refractivity contribution in [3.8, 4) is 5.75 Å².